The van der Waals surface area contributed by atoms with E-state index in [4.69, 9.17) is 4.74 Å². The van der Waals surface area contributed by atoms with Crippen LogP contribution in [0.2, 0.25) is 0 Å². The smallest absolute Gasteiger partial charge is 0.322 e. The van der Waals surface area contributed by atoms with Gasteiger partial charge in [-0.3, -0.25) is 4.79 Å². The molecule has 6 nitrogen and oxygen atoms in total. The summed E-state index contributed by atoms with van der Waals surface area (Å²) in [5.74, 6) is -4.08. The van der Waals surface area contributed by atoms with E-state index in [0.717, 1.165) is 15.9 Å². The van der Waals surface area contributed by atoms with Crippen LogP contribution in [-0.4, -0.2) is 35.6 Å². The number of hydrogen-bond acceptors (Lipinski definition) is 4. The molecular weight excluding hydrogens is 483 g/mol. The molecule has 4 rings (SSSR count). The fourth-order valence-electron chi connectivity index (χ4n) is 4.01. The van der Waals surface area contributed by atoms with Crippen LogP contribution in [0.15, 0.2) is 60.7 Å². The molecule has 1 saturated heterocycles. The van der Waals surface area contributed by atoms with E-state index in [1.165, 1.54) is 12.1 Å². The van der Waals surface area contributed by atoms with Gasteiger partial charge < -0.3 is 9.84 Å². The minimum absolute atomic E-state index is 0.0539. The van der Waals surface area contributed by atoms with E-state index >= 15 is 0 Å². The summed E-state index contributed by atoms with van der Waals surface area (Å²) < 4.78 is 72.3. The van der Waals surface area contributed by atoms with E-state index in [-0.39, 0.29) is 30.9 Å². The molecule has 1 unspecified atom stereocenters. The number of nitrogens with zero attached hydrogens (tertiary/aromatic N) is 1. The first-order chi connectivity index (χ1) is 16.6. The van der Waals surface area contributed by atoms with E-state index in [1.54, 1.807) is 36.4 Å². The van der Waals surface area contributed by atoms with Crippen LogP contribution in [0.25, 0.3) is 11.1 Å². The van der Waals surface area contributed by atoms with Gasteiger partial charge in [0.25, 0.3) is 0 Å². The Hall–Kier alpha value is -3.37. The molecule has 1 atom stereocenters. The zero-order valence-corrected chi connectivity index (χ0v) is 19.3. The highest BCUT2D eigenvalue weighted by atomic mass is 32.2. The Balaban J connectivity index is 1.44. The van der Waals surface area contributed by atoms with Crippen LogP contribution in [0.3, 0.4) is 0 Å². The van der Waals surface area contributed by atoms with Gasteiger partial charge in [-0.1, -0.05) is 36.4 Å². The number of benzene rings is 3. The molecule has 184 valence electrons. The second-order valence-corrected chi connectivity index (χ2v) is 10.3. The number of ether oxygens (including phenoxy) is 1. The molecule has 0 radical (unpaired) electrons. The number of hydrogen-bond donors (Lipinski definition) is 1. The van der Waals surface area contributed by atoms with Crippen molar-refractivity contribution in [3.63, 3.8) is 0 Å². The molecule has 1 heterocycles. The molecule has 1 aliphatic heterocycles. The van der Waals surface area contributed by atoms with Crippen molar-refractivity contribution in [3.8, 4) is 16.9 Å². The molecule has 3 aromatic carbocycles. The van der Waals surface area contributed by atoms with Crippen LogP contribution in [-0.2, 0) is 28.0 Å². The van der Waals surface area contributed by atoms with Gasteiger partial charge in [0.15, 0.2) is 11.6 Å². The maximum Gasteiger partial charge on any atom is 0.322 e. The zero-order chi connectivity index (χ0) is 25.2. The third-order valence-corrected chi connectivity index (χ3v) is 7.68. The van der Waals surface area contributed by atoms with Crippen LogP contribution < -0.4 is 4.74 Å². The SMILES string of the molecule is O=C(O)C1CCCS(=O)(=O)N1Cc1cccc(COc2ccc(-c3cc(F)c(F)cc3F)cc2)c1. The Labute approximate surface area is 200 Å². The summed E-state index contributed by atoms with van der Waals surface area (Å²) in [4.78, 5) is 11.6. The summed E-state index contributed by atoms with van der Waals surface area (Å²) in [7, 11) is -3.67. The molecule has 0 saturated carbocycles. The number of rotatable bonds is 7. The first-order valence-corrected chi connectivity index (χ1v) is 12.4. The van der Waals surface area contributed by atoms with Gasteiger partial charge in [0.2, 0.25) is 10.0 Å². The van der Waals surface area contributed by atoms with Gasteiger partial charge in [-0.25, -0.2) is 21.6 Å². The molecule has 10 heteroatoms. The Morgan fingerprint density at radius 3 is 2.37 bits per heavy atom. The minimum atomic E-state index is -3.67. The lowest BCUT2D eigenvalue weighted by Crippen LogP contribution is -2.48. The van der Waals surface area contributed by atoms with Gasteiger partial charge in [-0.15, -0.1) is 0 Å². The topological polar surface area (TPSA) is 83.9 Å². The summed E-state index contributed by atoms with van der Waals surface area (Å²) in [6.45, 7) is 0.0868. The molecule has 0 spiro atoms. The van der Waals surface area contributed by atoms with Gasteiger partial charge in [0.05, 0.1) is 5.75 Å². The third kappa shape index (κ3) is 5.66. The van der Waals surface area contributed by atoms with Crippen molar-refractivity contribution < 1.29 is 36.2 Å². The minimum Gasteiger partial charge on any atom is -0.489 e. The average molecular weight is 506 g/mol. The van der Waals surface area contributed by atoms with Crippen molar-refractivity contribution in [3.05, 3.63) is 89.2 Å². The molecule has 0 aliphatic carbocycles. The van der Waals surface area contributed by atoms with Crippen LogP contribution in [0, 0.1) is 17.5 Å². The van der Waals surface area contributed by atoms with Crippen LogP contribution in [0.4, 0.5) is 13.2 Å². The maximum atomic E-state index is 14.0. The summed E-state index contributed by atoms with van der Waals surface area (Å²) in [6.07, 6.45) is 0.576. The summed E-state index contributed by atoms with van der Waals surface area (Å²) in [5, 5.41) is 9.43. The van der Waals surface area contributed by atoms with E-state index in [0.29, 0.717) is 29.4 Å². The number of aliphatic carboxylic acids is 1. The van der Waals surface area contributed by atoms with Gasteiger partial charge in [0.1, 0.15) is 24.2 Å². The second-order valence-electron chi connectivity index (χ2n) is 8.24. The zero-order valence-electron chi connectivity index (χ0n) is 18.5. The van der Waals surface area contributed by atoms with Crippen molar-refractivity contribution in [2.24, 2.45) is 0 Å². The number of carboxylic acid groups (broad SMARTS) is 1. The molecule has 1 N–H and O–H groups in total. The molecule has 1 fully saturated rings. The Bertz CT molecular complexity index is 1350. The Morgan fingerprint density at radius 1 is 0.971 bits per heavy atom. The fourth-order valence-corrected chi connectivity index (χ4v) is 5.70. The van der Waals surface area contributed by atoms with Gasteiger partial charge >= 0.3 is 5.97 Å². The molecular formula is C25H22F3NO5S. The quantitative estimate of drug-likeness (QED) is 0.470. The monoisotopic (exact) mass is 505 g/mol. The number of carbonyl (C=O) groups is 1. The van der Waals surface area contributed by atoms with Gasteiger partial charge in [-0.05, 0) is 47.7 Å². The first-order valence-electron chi connectivity index (χ1n) is 10.8. The highest BCUT2D eigenvalue weighted by Gasteiger charge is 2.38. The van der Waals surface area contributed by atoms with Crippen LogP contribution in [0.5, 0.6) is 5.75 Å². The molecule has 0 amide bonds. The molecule has 0 aromatic heterocycles. The molecule has 35 heavy (non-hydrogen) atoms. The van der Waals surface area contributed by atoms with E-state index in [9.17, 15) is 31.5 Å². The fraction of sp³-hybridized carbons (Fsp3) is 0.240. The summed E-state index contributed by atoms with van der Waals surface area (Å²) in [6, 6.07) is 13.4. The Kier molecular flexibility index (Phi) is 7.13. The number of halogens is 3. The molecule has 0 bridgehead atoms. The molecule has 3 aromatic rings. The normalized spacial score (nSPS) is 17.7. The summed E-state index contributed by atoms with van der Waals surface area (Å²) in [5.41, 5.74) is 1.65. The van der Waals surface area contributed by atoms with Crippen molar-refractivity contribution in [2.45, 2.75) is 32.0 Å². The third-order valence-electron chi connectivity index (χ3n) is 5.78. The number of sulfonamides is 1. The molecule has 1 aliphatic rings. The first kappa shape index (κ1) is 24.7. The van der Waals surface area contributed by atoms with Crippen LogP contribution >= 0.6 is 0 Å². The lowest BCUT2D eigenvalue weighted by Gasteiger charge is -2.32. The van der Waals surface area contributed by atoms with Crippen LogP contribution in [0.1, 0.15) is 24.0 Å². The van der Waals surface area contributed by atoms with Crippen molar-refractivity contribution in [1.82, 2.24) is 4.31 Å². The average Bonchev–Trinajstić information content (AvgIpc) is 2.82. The lowest BCUT2D eigenvalue weighted by molar-refractivity contribution is -0.142. The highest BCUT2D eigenvalue weighted by molar-refractivity contribution is 7.89. The van der Waals surface area contributed by atoms with Gasteiger partial charge in [0, 0.05) is 18.2 Å². The second kappa shape index (κ2) is 10.1. The Morgan fingerprint density at radius 2 is 1.66 bits per heavy atom. The standard InChI is InChI=1S/C25H22F3NO5S/c26-21-13-23(28)22(27)12-20(21)18-6-8-19(9-7-18)34-15-17-4-1-3-16(11-17)14-29-24(25(30)31)5-2-10-35(29,32)33/h1,3-4,6-9,11-13,24H,2,5,10,14-15H2,(H,30,31). The predicted octanol–water partition coefficient (Wildman–Crippen LogP) is 4.73. The van der Waals surface area contributed by atoms with Gasteiger partial charge in [-0.2, -0.15) is 4.31 Å². The van der Waals surface area contributed by atoms with E-state index in [2.05, 4.69) is 0 Å². The predicted molar refractivity (Wildman–Crippen MR) is 123 cm³/mol. The largest absolute Gasteiger partial charge is 0.489 e. The van der Waals surface area contributed by atoms with Crippen molar-refractivity contribution in [2.75, 3.05) is 5.75 Å². The van der Waals surface area contributed by atoms with E-state index < -0.39 is 39.5 Å². The lowest BCUT2D eigenvalue weighted by atomic mass is 10.0. The highest BCUT2D eigenvalue weighted by Crippen LogP contribution is 2.28. The van der Waals surface area contributed by atoms with Crippen molar-refractivity contribution in [1.29, 1.82) is 0 Å². The van der Waals surface area contributed by atoms with Crippen molar-refractivity contribution >= 4 is 16.0 Å². The van der Waals surface area contributed by atoms with E-state index in [1.807, 2.05) is 0 Å². The maximum absolute atomic E-state index is 14.0. The summed E-state index contributed by atoms with van der Waals surface area (Å²) >= 11 is 0. The number of carboxylic acids is 1.